The molecule has 5 aromatic rings. The Balaban J connectivity index is 1.63. The summed E-state index contributed by atoms with van der Waals surface area (Å²) in [5, 5.41) is 3.60. The van der Waals surface area contributed by atoms with E-state index in [4.69, 9.17) is 22.3 Å². The number of halogens is 1. The molecule has 0 spiro atoms. The minimum atomic E-state index is -0.283. The summed E-state index contributed by atoms with van der Waals surface area (Å²) in [7, 11) is 0. The van der Waals surface area contributed by atoms with Gasteiger partial charge in [0.1, 0.15) is 5.82 Å². The zero-order valence-electron chi connectivity index (χ0n) is 22.1. The number of nitrogens with zero attached hydrogens (tertiary/aromatic N) is 4. The van der Waals surface area contributed by atoms with Crippen LogP contribution in [0.2, 0.25) is 5.02 Å². The summed E-state index contributed by atoms with van der Waals surface area (Å²) in [6.45, 7) is 5.91. The van der Waals surface area contributed by atoms with Crippen molar-refractivity contribution in [2.24, 2.45) is 11.7 Å². The molecule has 0 saturated carbocycles. The van der Waals surface area contributed by atoms with Gasteiger partial charge < -0.3 is 15.2 Å². The Hall–Kier alpha value is -3.52. The van der Waals surface area contributed by atoms with Crippen LogP contribution in [0.5, 0.6) is 0 Å². The molecule has 1 atom stereocenters. The van der Waals surface area contributed by atoms with E-state index in [2.05, 4.69) is 41.1 Å². The average Bonchev–Trinajstić information content (AvgIpc) is 3.58. The Labute approximate surface area is 238 Å². The first-order valence-corrected chi connectivity index (χ1v) is 14.4. The molecule has 200 valence electrons. The molecule has 0 aliphatic heterocycles. The van der Waals surface area contributed by atoms with Gasteiger partial charge in [-0.3, -0.25) is 4.79 Å². The third kappa shape index (κ3) is 5.91. The van der Waals surface area contributed by atoms with Gasteiger partial charge in [0.25, 0.3) is 5.91 Å². The van der Waals surface area contributed by atoms with Crippen molar-refractivity contribution in [3.63, 3.8) is 0 Å². The maximum absolute atomic E-state index is 14.3. The number of carbonyl (C=O) groups is 1. The van der Waals surface area contributed by atoms with Crippen molar-refractivity contribution in [2.45, 2.75) is 32.9 Å². The third-order valence-electron chi connectivity index (χ3n) is 6.84. The fourth-order valence-electron chi connectivity index (χ4n) is 5.01. The van der Waals surface area contributed by atoms with Crippen molar-refractivity contribution >= 4 is 39.9 Å². The number of amides is 1. The number of fused-ring (bicyclic) bond motifs is 1. The van der Waals surface area contributed by atoms with Gasteiger partial charge in [-0.2, -0.15) is 4.37 Å². The zero-order valence-corrected chi connectivity index (χ0v) is 23.7. The molecule has 2 heterocycles. The molecule has 2 aromatic heterocycles. The maximum Gasteiger partial charge on any atom is 0.256 e. The minimum absolute atomic E-state index is 0.0581. The van der Waals surface area contributed by atoms with Gasteiger partial charge in [0, 0.05) is 40.6 Å². The molecular formula is C31H32ClN5OS. The largest absolute Gasteiger partial charge is 0.330 e. The van der Waals surface area contributed by atoms with Crippen LogP contribution in [0.1, 0.15) is 48.1 Å². The Kier molecular flexibility index (Phi) is 8.41. The first-order chi connectivity index (χ1) is 19.0. The number of imidazole rings is 1. The fraction of sp³-hybridized carbons (Fsp3) is 0.258. The topological polar surface area (TPSA) is 77.0 Å². The summed E-state index contributed by atoms with van der Waals surface area (Å²) in [4.78, 5) is 21.4. The highest BCUT2D eigenvalue weighted by Crippen LogP contribution is 2.34. The van der Waals surface area contributed by atoms with E-state index in [1.54, 1.807) is 0 Å². The summed E-state index contributed by atoms with van der Waals surface area (Å²) < 4.78 is 6.71. The van der Waals surface area contributed by atoms with E-state index < -0.39 is 0 Å². The van der Waals surface area contributed by atoms with Crippen LogP contribution in [0, 0.1) is 5.92 Å². The van der Waals surface area contributed by atoms with Crippen LogP contribution in [0.25, 0.3) is 22.2 Å². The average molecular weight is 558 g/mol. The highest BCUT2D eigenvalue weighted by Gasteiger charge is 2.33. The smallest absolute Gasteiger partial charge is 0.256 e. The summed E-state index contributed by atoms with van der Waals surface area (Å²) in [5.74, 6) is 0.863. The Morgan fingerprint density at radius 2 is 1.87 bits per heavy atom. The van der Waals surface area contributed by atoms with Crippen molar-refractivity contribution in [3.05, 3.63) is 106 Å². The van der Waals surface area contributed by atoms with E-state index in [1.807, 2.05) is 70.9 Å². The Bertz CT molecular complexity index is 1560. The molecule has 0 bridgehead atoms. The number of aromatic nitrogens is 3. The molecule has 2 N–H and O–H groups in total. The predicted molar refractivity (Wildman–Crippen MR) is 160 cm³/mol. The summed E-state index contributed by atoms with van der Waals surface area (Å²) in [5.41, 5.74) is 10.2. The molecule has 0 fully saturated rings. The van der Waals surface area contributed by atoms with Gasteiger partial charge in [0.05, 0.1) is 22.8 Å². The fourth-order valence-corrected chi connectivity index (χ4v) is 5.86. The molecule has 0 aliphatic carbocycles. The van der Waals surface area contributed by atoms with Gasteiger partial charge in [0.2, 0.25) is 0 Å². The highest BCUT2D eigenvalue weighted by molar-refractivity contribution is 7.04. The molecular weight excluding hydrogens is 526 g/mol. The molecule has 1 amide bonds. The van der Waals surface area contributed by atoms with Gasteiger partial charge in [-0.1, -0.05) is 80.0 Å². The lowest BCUT2D eigenvalue weighted by Crippen LogP contribution is -2.40. The second-order valence-electron chi connectivity index (χ2n) is 10.00. The standard InChI is InChI=1S/C31H32ClN5OS/c1-21(2)29(37(16-8-15-33)31(38)26-14-7-12-24-20-39-35-28(24)26)30-34-27(23-11-6-13-25(32)17-23)19-36(30)18-22-9-4-3-5-10-22/h3-7,9-14,17,19-21,29H,8,15-16,18,33H2,1-2H3/t29-/m1/s1. The molecule has 3 aromatic carbocycles. The van der Waals surface area contributed by atoms with Gasteiger partial charge in [0.15, 0.2) is 0 Å². The summed E-state index contributed by atoms with van der Waals surface area (Å²) in [6, 6.07) is 23.5. The normalized spacial score (nSPS) is 12.2. The van der Waals surface area contributed by atoms with Gasteiger partial charge >= 0.3 is 0 Å². The highest BCUT2D eigenvalue weighted by atomic mass is 35.5. The van der Waals surface area contributed by atoms with Crippen LogP contribution < -0.4 is 5.73 Å². The first kappa shape index (κ1) is 27.1. The Morgan fingerprint density at radius 1 is 1.08 bits per heavy atom. The van der Waals surface area contributed by atoms with E-state index in [0.717, 1.165) is 33.5 Å². The van der Waals surface area contributed by atoms with Crippen LogP contribution in [0.15, 0.2) is 84.4 Å². The number of benzene rings is 3. The monoisotopic (exact) mass is 557 g/mol. The van der Waals surface area contributed by atoms with Crippen molar-refractivity contribution in [1.82, 2.24) is 18.8 Å². The van der Waals surface area contributed by atoms with Gasteiger partial charge in [-0.15, -0.1) is 0 Å². The van der Waals surface area contributed by atoms with Crippen LogP contribution in [-0.2, 0) is 6.54 Å². The molecule has 0 aliphatic rings. The maximum atomic E-state index is 14.3. The molecule has 39 heavy (non-hydrogen) atoms. The molecule has 8 heteroatoms. The molecule has 6 nitrogen and oxygen atoms in total. The van der Waals surface area contributed by atoms with Crippen LogP contribution in [-0.4, -0.2) is 37.8 Å². The minimum Gasteiger partial charge on any atom is -0.330 e. The van der Waals surface area contributed by atoms with Crippen molar-refractivity contribution in [3.8, 4) is 11.3 Å². The van der Waals surface area contributed by atoms with Gasteiger partial charge in [-0.05, 0) is 54.2 Å². The lowest BCUT2D eigenvalue weighted by Gasteiger charge is -2.34. The van der Waals surface area contributed by atoms with E-state index in [9.17, 15) is 4.79 Å². The molecule has 5 rings (SSSR count). The molecule has 0 radical (unpaired) electrons. The van der Waals surface area contributed by atoms with Crippen LogP contribution >= 0.6 is 23.1 Å². The lowest BCUT2D eigenvalue weighted by molar-refractivity contribution is 0.0606. The first-order valence-electron chi connectivity index (χ1n) is 13.2. The van der Waals surface area contributed by atoms with Crippen molar-refractivity contribution in [1.29, 1.82) is 0 Å². The number of hydrogen-bond acceptors (Lipinski definition) is 5. The Morgan fingerprint density at radius 3 is 2.62 bits per heavy atom. The van der Waals surface area contributed by atoms with E-state index in [-0.39, 0.29) is 17.9 Å². The zero-order chi connectivity index (χ0) is 27.4. The van der Waals surface area contributed by atoms with Crippen molar-refractivity contribution in [2.75, 3.05) is 13.1 Å². The number of hydrogen-bond donors (Lipinski definition) is 1. The van der Waals surface area contributed by atoms with E-state index in [1.165, 1.54) is 11.5 Å². The second-order valence-corrected chi connectivity index (χ2v) is 11.1. The van der Waals surface area contributed by atoms with Crippen LogP contribution in [0.3, 0.4) is 0 Å². The third-order valence-corrected chi connectivity index (χ3v) is 7.72. The number of rotatable bonds is 10. The quantitative estimate of drug-likeness (QED) is 0.199. The summed E-state index contributed by atoms with van der Waals surface area (Å²) >= 11 is 7.70. The van der Waals surface area contributed by atoms with Crippen molar-refractivity contribution < 1.29 is 4.79 Å². The molecule has 0 unspecified atom stereocenters. The van der Waals surface area contributed by atoms with E-state index in [0.29, 0.717) is 36.6 Å². The van der Waals surface area contributed by atoms with Gasteiger partial charge in [-0.25, -0.2) is 4.98 Å². The molecule has 0 saturated heterocycles. The number of carbonyl (C=O) groups excluding carboxylic acids is 1. The second kappa shape index (κ2) is 12.1. The van der Waals surface area contributed by atoms with E-state index >= 15 is 0 Å². The number of nitrogens with two attached hydrogens (primary N) is 1. The summed E-state index contributed by atoms with van der Waals surface area (Å²) in [6.07, 6.45) is 2.75. The lowest BCUT2D eigenvalue weighted by atomic mass is 9.99. The SMILES string of the molecule is CC(C)[C@H](c1nc(-c2cccc(Cl)c2)cn1Cc1ccccc1)N(CCCN)C(=O)c1cccc2csnc12. The predicted octanol–water partition coefficient (Wildman–Crippen LogP) is 7.05. The van der Waals surface area contributed by atoms with Crippen LogP contribution in [0.4, 0.5) is 0 Å².